The van der Waals surface area contributed by atoms with Crippen LogP contribution >= 0.6 is 0 Å². The van der Waals surface area contributed by atoms with E-state index in [1.807, 2.05) is 6.07 Å². The Morgan fingerprint density at radius 1 is 1.17 bits per heavy atom. The predicted molar refractivity (Wildman–Crippen MR) is 121 cm³/mol. The van der Waals surface area contributed by atoms with Gasteiger partial charge in [0.2, 0.25) is 10.0 Å². The first-order valence-electron chi connectivity index (χ1n) is 10.6. The van der Waals surface area contributed by atoms with E-state index >= 15 is 0 Å². The highest BCUT2D eigenvalue weighted by Gasteiger charge is 2.25. The Labute approximate surface area is 179 Å². The van der Waals surface area contributed by atoms with Crippen LogP contribution in [-0.4, -0.2) is 42.4 Å². The number of fused-ring (bicyclic) bond motifs is 2. The summed E-state index contributed by atoms with van der Waals surface area (Å²) in [6, 6.07) is 14.3. The summed E-state index contributed by atoms with van der Waals surface area (Å²) < 4.78 is 28.6. The number of hydrogen-bond donors (Lipinski definition) is 0. The van der Waals surface area contributed by atoms with E-state index < -0.39 is 10.0 Å². The summed E-state index contributed by atoms with van der Waals surface area (Å²) in [5.41, 5.74) is 4.39. The molecule has 3 aromatic rings. The quantitative estimate of drug-likeness (QED) is 0.597. The van der Waals surface area contributed by atoms with E-state index in [2.05, 4.69) is 47.6 Å². The molecule has 7 heteroatoms. The summed E-state index contributed by atoms with van der Waals surface area (Å²) in [6.07, 6.45) is 3.21. The molecule has 6 nitrogen and oxygen atoms in total. The Balaban J connectivity index is 1.78. The molecule has 2 aromatic carbocycles. The lowest BCUT2D eigenvalue weighted by Crippen LogP contribution is -2.37. The fourth-order valence-electron chi connectivity index (χ4n) is 4.28. The number of hydrogen-bond acceptors (Lipinski definition) is 4. The van der Waals surface area contributed by atoms with Gasteiger partial charge >= 0.3 is 0 Å². The molecule has 0 radical (unpaired) electrons. The molecule has 1 unspecified atom stereocenters. The van der Waals surface area contributed by atoms with Crippen LogP contribution in [0, 0.1) is 0 Å². The topological polar surface area (TPSA) is 58.4 Å². The van der Waals surface area contributed by atoms with E-state index in [4.69, 9.17) is 4.98 Å². The van der Waals surface area contributed by atoms with Crippen molar-refractivity contribution in [2.24, 2.45) is 0 Å². The van der Waals surface area contributed by atoms with Gasteiger partial charge in [-0.15, -0.1) is 0 Å². The standard InChI is InChI=1S/C23H30N4O2S/c1-5-14-26-22-13-12-19(30(28,29)25(3)4)15-20(22)24-23(26)16-27-17(2)10-11-18-8-6-7-9-21(18)27/h6-9,12-13,15,17H,5,10-11,14,16H2,1-4H3. The van der Waals surface area contributed by atoms with Gasteiger partial charge in [-0.1, -0.05) is 25.1 Å². The van der Waals surface area contributed by atoms with E-state index in [1.165, 1.54) is 15.6 Å². The van der Waals surface area contributed by atoms with Gasteiger partial charge in [-0.25, -0.2) is 17.7 Å². The zero-order chi connectivity index (χ0) is 21.5. The summed E-state index contributed by atoms with van der Waals surface area (Å²) in [6.45, 7) is 5.99. The third-order valence-corrected chi connectivity index (χ3v) is 7.81. The van der Waals surface area contributed by atoms with Crippen molar-refractivity contribution in [3.8, 4) is 0 Å². The number of nitrogens with zero attached hydrogens (tertiary/aromatic N) is 4. The Bertz CT molecular complexity index is 1170. The van der Waals surface area contributed by atoms with Gasteiger partial charge < -0.3 is 9.47 Å². The van der Waals surface area contributed by atoms with Crippen molar-refractivity contribution in [1.82, 2.24) is 13.9 Å². The Morgan fingerprint density at radius 2 is 1.93 bits per heavy atom. The second kappa shape index (κ2) is 8.04. The highest BCUT2D eigenvalue weighted by molar-refractivity contribution is 7.89. The van der Waals surface area contributed by atoms with Crippen LogP contribution in [0.2, 0.25) is 0 Å². The maximum atomic E-state index is 12.6. The molecule has 0 N–H and O–H groups in total. The summed E-state index contributed by atoms with van der Waals surface area (Å²) in [7, 11) is -0.384. The zero-order valence-electron chi connectivity index (χ0n) is 18.2. The first kappa shape index (κ1) is 20.9. The lowest BCUT2D eigenvalue weighted by molar-refractivity contribution is 0.521. The minimum Gasteiger partial charge on any atom is -0.361 e. The van der Waals surface area contributed by atoms with Crippen LogP contribution in [0.1, 0.15) is 38.1 Å². The third-order valence-electron chi connectivity index (χ3n) is 6.00. The van der Waals surface area contributed by atoms with Gasteiger partial charge in [0.25, 0.3) is 0 Å². The summed E-state index contributed by atoms with van der Waals surface area (Å²) in [5, 5.41) is 0. The molecule has 0 bridgehead atoms. The number of rotatable bonds is 6. The van der Waals surface area contributed by atoms with Crippen molar-refractivity contribution < 1.29 is 8.42 Å². The van der Waals surface area contributed by atoms with Gasteiger partial charge in [0, 0.05) is 32.4 Å². The molecule has 0 saturated carbocycles. The Morgan fingerprint density at radius 3 is 2.67 bits per heavy atom. The summed E-state index contributed by atoms with van der Waals surface area (Å²) >= 11 is 0. The minimum absolute atomic E-state index is 0.282. The summed E-state index contributed by atoms with van der Waals surface area (Å²) in [4.78, 5) is 7.62. The van der Waals surface area contributed by atoms with E-state index in [0.717, 1.165) is 42.7 Å². The molecule has 0 spiro atoms. The van der Waals surface area contributed by atoms with Crippen molar-refractivity contribution in [2.75, 3.05) is 19.0 Å². The van der Waals surface area contributed by atoms with E-state index in [-0.39, 0.29) is 4.90 Å². The van der Waals surface area contributed by atoms with Crippen molar-refractivity contribution in [1.29, 1.82) is 0 Å². The Hall–Kier alpha value is -2.38. The average molecular weight is 427 g/mol. The fraction of sp³-hybridized carbons (Fsp3) is 0.435. The van der Waals surface area contributed by atoms with E-state index in [0.29, 0.717) is 12.6 Å². The van der Waals surface area contributed by atoms with Crippen molar-refractivity contribution in [2.45, 2.75) is 57.1 Å². The first-order chi connectivity index (χ1) is 14.3. The van der Waals surface area contributed by atoms with Gasteiger partial charge in [-0.05, 0) is 56.0 Å². The smallest absolute Gasteiger partial charge is 0.242 e. The van der Waals surface area contributed by atoms with Crippen molar-refractivity contribution in [3.63, 3.8) is 0 Å². The molecule has 1 aromatic heterocycles. The van der Waals surface area contributed by atoms with Gasteiger partial charge in [0.1, 0.15) is 5.82 Å². The molecule has 0 aliphatic carbocycles. The molecule has 160 valence electrons. The van der Waals surface area contributed by atoms with Crippen LogP contribution < -0.4 is 4.90 Å². The van der Waals surface area contributed by atoms with E-state index in [1.54, 1.807) is 26.2 Å². The molecule has 1 aliphatic heterocycles. The molecule has 1 aliphatic rings. The zero-order valence-corrected chi connectivity index (χ0v) is 19.0. The molecule has 1 atom stereocenters. The van der Waals surface area contributed by atoms with Gasteiger partial charge in [-0.2, -0.15) is 0 Å². The molecular formula is C23H30N4O2S. The highest BCUT2D eigenvalue weighted by Crippen LogP contribution is 2.32. The molecular weight excluding hydrogens is 396 g/mol. The van der Waals surface area contributed by atoms with Gasteiger partial charge in [-0.3, -0.25) is 0 Å². The second-order valence-electron chi connectivity index (χ2n) is 8.26. The highest BCUT2D eigenvalue weighted by atomic mass is 32.2. The Kier molecular flexibility index (Phi) is 5.59. The third kappa shape index (κ3) is 3.61. The number of aryl methyl sites for hydroxylation is 2. The number of para-hydroxylation sites is 1. The van der Waals surface area contributed by atoms with Crippen LogP contribution in [-0.2, 0) is 29.5 Å². The number of aromatic nitrogens is 2. The second-order valence-corrected chi connectivity index (χ2v) is 10.4. The normalized spacial score (nSPS) is 17.0. The lowest BCUT2D eigenvalue weighted by Gasteiger charge is -2.37. The number of imidazole rings is 1. The van der Waals surface area contributed by atoms with Crippen LogP contribution in [0.15, 0.2) is 47.4 Å². The molecule has 30 heavy (non-hydrogen) atoms. The van der Waals surface area contributed by atoms with Crippen LogP contribution in [0.4, 0.5) is 5.69 Å². The van der Waals surface area contributed by atoms with Crippen LogP contribution in [0.5, 0.6) is 0 Å². The predicted octanol–water partition coefficient (Wildman–Crippen LogP) is 4.04. The van der Waals surface area contributed by atoms with Crippen LogP contribution in [0.25, 0.3) is 11.0 Å². The van der Waals surface area contributed by atoms with Crippen molar-refractivity contribution in [3.05, 3.63) is 53.9 Å². The monoisotopic (exact) mass is 426 g/mol. The average Bonchev–Trinajstić information content (AvgIpc) is 3.07. The summed E-state index contributed by atoms with van der Waals surface area (Å²) in [5.74, 6) is 0.981. The number of sulfonamides is 1. The van der Waals surface area contributed by atoms with Crippen molar-refractivity contribution >= 4 is 26.7 Å². The number of benzene rings is 2. The molecule has 0 saturated heterocycles. The maximum absolute atomic E-state index is 12.6. The van der Waals surface area contributed by atoms with Crippen LogP contribution in [0.3, 0.4) is 0 Å². The fourth-order valence-corrected chi connectivity index (χ4v) is 5.20. The van der Waals surface area contributed by atoms with E-state index in [9.17, 15) is 8.42 Å². The SMILES string of the molecule is CCCn1c(CN2c3ccccc3CCC2C)nc2cc(S(=O)(=O)N(C)C)ccc21. The van der Waals surface area contributed by atoms with Gasteiger partial charge in [0.15, 0.2) is 0 Å². The largest absolute Gasteiger partial charge is 0.361 e. The molecule has 2 heterocycles. The van der Waals surface area contributed by atoms with Gasteiger partial charge in [0.05, 0.1) is 22.5 Å². The molecule has 4 rings (SSSR count). The maximum Gasteiger partial charge on any atom is 0.242 e. The molecule has 0 amide bonds. The lowest BCUT2D eigenvalue weighted by atomic mass is 9.96. The first-order valence-corrected chi connectivity index (χ1v) is 12.0. The number of anilines is 1. The molecule has 0 fully saturated rings. The minimum atomic E-state index is -3.49.